The van der Waals surface area contributed by atoms with Gasteiger partial charge in [-0.2, -0.15) is 0 Å². The molecule has 148 valence electrons. The van der Waals surface area contributed by atoms with Gasteiger partial charge in [0.1, 0.15) is 0 Å². The van der Waals surface area contributed by atoms with Crippen LogP contribution >= 0.6 is 0 Å². The first-order valence-corrected chi connectivity index (χ1v) is 14.7. The summed E-state index contributed by atoms with van der Waals surface area (Å²) < 4.78 is 5.75. The summed E-state index contributed by atoms with van der Waals surface area (Å²) in [6.07, 6.45) is 0. The zero-order chi connectivity index (χ0) is 19.6. The Morgan fingerprint density at radius 1 is 0.857 bits per heavy atom. The van der Waals surface area contributed by atoms with Gasteiger partial charge in [-0.1, -0.05) is 0 Å². The van der Waals surface area contributed by atoms with Gasteiger partial charge in [0.15, 0.2) is 0 Å². The van der Waals surface area contributed by atoms with E-state index in [2.05, 4.69) is 97.4 Å². The van der Waals surface area contributed by atoms with E-state index in [4.69, 9.17) is 0 Å². The Morgan fingerprint density at radius 2 is 1.50 bits per heavy atom. The predicted octanol–water partition coefficient (Wildman–Crippen LogP) is 5.94. The molecule has 1 atom stereocenters. The number of fused-ring (bicyclic) bond motifs is 5. The minimum atomic E-state index is -2.33. The Morgan fingerprint density at radius 3 is 2.18 bits per heavy atom. The average molecular weight is 426 g/mol. The molecule has 0 radical (unpaired) electrons. The van der Waals surface area contributed by atoms with E-state index in [0.29, 0.717) is 5.92 Å². The van der Waals surface area contributed by atoms with Gasteiger partial charge in [-0.25, -0.2) is 0 Å². The molecule has 3 aromatic carbocycles. The SMILES string of the molecule is CC1=[C]([Ti]([CH3])([CH3])[NH]C(C)(C)C)C(C)c2ccc3c(ccc4ccccc43)c21.[SiH4]. The van der Waals surface area contributed by atoms with Crippen molar-refractivity contribution in [2.24, 2.45) is 0 Å². The van der Waals surface area contributed by atoms with Gasteiger partial charge >= 0.3 is 168 Å². The average Bonchev–Trinajstić information content (AvgIpc) is 2.84. The van der Waals surface area contributed by atoms with Crippen LogP contribution in [-0.2, 0) is 16.8 Å². The third-order valence-corrected chi connectivity index (χ3v) is 11.5. The van der Waals surface area contributed by atoms with Crippen LogP contribution in [0.15, 0.2) is 52.4 Å². The monoisotopic (exact) mass is 425 g/mol. The van der Waals surface area contributed by atoms with Gasteiger partial charge in [0, 0.05) is 0 Å². The Kier molecular flexibility index (Phi) is 5.57. The Labute approximate surface area is 178 Å². The van der Waals surface area contributed by atoms with Gasteiger partial charge in [0.25, 0.3) is 0 Å². The van der Waals surface area contributed by atoms with Crippen molar-refractivity contribution < 1.29 is 16.8 Å². The maximum atomic E-state index is 4.04. The number of hydrogen-bond acceptors (Lipinski definition) is 1. The summed E-state index contributed by atoms with van der Waals surface area (Å²) in [6, 6.07) is 18.1. The van der Waals surface area contributed by atoms with Crippen LogP contribution in [0.5, 0.6) is 0 Å². The van der Waals surface area contributed by atoms with E-state index in [1.807, 2.05) is 0 Å². The van der Waals surface area contributed by atoms with Crippen LogP contribution in [0, 0.1) is 0 Å². The molecule has 1 aliphatic carbocycles. The molecule has 0 heterocycles. The van der Waals surface area contributed by atoms with Crippen LogP contribution in [0.4, 0.5) is 0 Å². The first-order valence-electron chi connectivity index (χ1n) is 10.1. The van der Waals surface area contributed by atoms with Gasteiger partial charge in [-0.15, -0.1) is 0 Å². The van der Waals surface area contributed by atoms with Crippen molar-refractivity contribution in [1.29, 1.82) is 0 Å². The minimum Gasteiger partial charge on any atom is -0.0149 e. The summed E-state index contributed by atoms with van der Waals surface area (Å²) in [5.74, 6) is 0.515. The van der Waals surface area contributed by atoms with Crippen molar-refractivity contribution in [1.82, 2.24) is 3.80 Å². The van der Waals surface area contributed by atoms with Crippen LogP contribution in [0.25, 0.3) is 27.1 Å². The Hall–Kier alpha value is -1.19. The van der Waals surface area contributed by atoms with E-state index >= 15 is 0 Å². The zero-order valence-electron chi connectivity index (χ0n) is 17.7. The molecule has 0 spiro atoms. The van der Waals surface area contributed by atoms with E-state index in [9.17, 15) is 0 Å². The van der Waals surface area contributed by atoms with Crippen molar-refractivity contribution in [3.63, 3.8) is 0 Å². The third kappa shape index (κ3) is 3.45. The fraction of sp³-hybridized carbons (Fsp3) is 0.360. The van der Waals surface area contributed by atoms with Gasteiger partial charge < -0.3 is 0 Å². The third-order valence-electron chi connectivity index (χ3n) is 6.00. The maximum absolute atomic E-state index is 4.04. The molecular formula is C25H35NSiTi. The largest absolute Gasteiger partial charge is 0.0149 e. The maximum Gasteiger partial charge on any atom is -0.0149 e. The normalized spacial score (nSPS) is 17.2. The van der Waals surface area contributed by atoms with Crippen molar-refractivity contribution in [2.45, 2.75) is 56.5 Å². The summed E-state index contributed by atoms with van der Waals surface area (Å²) in [5, 5.41) is 10.5. The standard InChI is InChI=1S/C19H15.C4H10N.2CH3.H4Si.Ti/c1-12-11-13(2)19-15(12)9-10-17-16-6-4-3-5-14(16)7-8-18(17)19;1-4(2,3)5;;;;/h3-10,12H,1-2H3;5H,1-3H3;2*1H3;1H4;/q;-1;;;;+1. The van der Waals surface area contributed by atoms with Crippen molar-refractivity contribution in [3.8, 4) is 0 Å². The summed E-state index contributed by atoms with van der Waals surface area (Å²) in [6.45, 7) is 11.7. The second kappa shape index (κ2) is 7.25. The number of benzene rings is 3. The second-order valence-corrected chi connectivity index (χ2v) is 16.0. The molecule has 0 saturated carbocycles. The molecule has 0 saturated heterocycles. The van der Waals surface area contributed by atoms with Crippen LogP contribution < -0.4 is 3.80 Å². The van der Waals surface area contributed by atoms with Gasteiger partial charge in [-0.05, 0) is 11.0 Å². The molecule has 0 fully saturated rings. The molecular weight excluding hydrogens is 390 g/mol. The number of nitrogens with one attached hydrogen (secondary N) is 1. The molecule has 1 aliphatic rings. The zero-order valence-corrected chi connectivity index (χ0v) is 19.3. The number of hydrogen-bond donors (Lipinski definition) is 1. The molecule has 0 aliphatic heterocycles. The Balaban J connectivity index is 0.00000225. The van der Waals surface area contributed by atoms with Crippen LogP contribution in [0.1, 0.15) is 51.7 Å². The van der Waals surface area contributed by atoms with Gasteiger partial charge in [-0.3, -0.25) is 0 Å². The van der Waals surface area contributed by atoms with Crippen molar-refractivity contribution in [3.05, 3.63) is 63.5 Å². The quantitative estimate of drug-likeness (QED) is 0.396. The minimum absolute atomic E-state index is 0. The Bertz CT molecular complexity index is 1090. The summed E-state index contributed by atoms with van der Waals surface area (Å²) in [7, 11) is 0. The molecule has 3 heteroatoms. The summed E-state index contributed by atoms with van der Waals surface area (Å²) in [4.78, 5) is 0. The predicted molar refractivity (Wildman–Crippen MR) is 128 cm³/mol. The van der Waals surface area contributed by atoms with Crippen molar-refractivity contribution in [2.75, 3.05) is 0 Å². The van der Waals surface area contributed by atoms with Crippen LogP contribution in [0.2, 0.25) is 10.5 Å². The number of allylic oxidation sites excluding steroid dienone is 2. The molecule has 4 rings (SSSR count). The van der Waals surface area contributed by atoms with E-state index in [-0.39, 0.29) is 16.5 Å². The molecule has 28 heavy (non-hydrogen) atoms. The summed E-state index contributed by atoms with van der Waals surface area (Å²) >= 11 is -2.33. The smallest absolute Gasteiger partial charge is 0.0149 e. The van der Waals surface area contributed by atoms with E-state index < -0.39 is 16.8 Å². The van der Waals surface area contributed by atoms with Gasteiger partial charge in [0.2, 0.25) is 0 Å². The fourth-order valence-corrected chi connectivity index (χ4v) is 12.2. The molecule has 1 N–H and O–H groups in total. The first kappa shape index (κ1) is 21.5. The van der Waals surface area contributed by atoms with E-state index in [0.717, 1.165) is 0 Å². The van der Waals surface area contributed by atoms with Crippen LogP contribution in [-0.4, -0.2) is 16.5 Å². The van der Waals surface area contributed by atoms with Crippen molar-refractivity contribution >= 4 is 38.1 Å². The molecule has 0 amide bonds. The van der Waals surface area contributed by atoms with Crippen LogP contribution in [0.3, 0.4) is 0 Å². The molecule has 0 aromatic heterocycles. The number of rotatable bonds is 2. The molecule has 1 nitrogen and oxygen atoms in total. The molecule has 0 bridgehead atoms. The van der Waals surface area contributed by atoms with E-state index in [1.54, 1.807) is 3.88 Å². The molecule has 1 unspecified atom stereocenters. The first-order chi connectivity index (χ1) is 12.6. The molecule has 3 aromatic rings. The fourth-order valence-electron chi connectivity index (χ4n) is 5.51. The van der Waals surface area contributed by atoms with Gasteiger partial charge in [0.05, 0.1) is 0 Å². The summed E-state index contributed by atoms with van der Waals surface area (Å²) in [5.41, 5.74) is 4.69. The topological polar surface area (TPSA) is 12.0 Å². The van der Waals surface area contributed by atoms with E-state index in [1.165, 1.54) is 38.2 Å². The second-order valence-electron chi connectivity index (χ2n) is 9.67.